The van der Waals surface area contributed by atoms with Gasteiger partial charge in [-0.2, -0.15) is 5.01 Å². The summed E-state index contributed by atoms with van der Waals surface area (Å²) >= 11 is 6.35. The molecule has 2 N–H and O–H groups in total. The molecule has 3 fully saturated rings. The van der Waals surface area contributed by atoms with Gasteiger partial charge in [-0.1, -0.05) is 65.7 Å². The van der Waals surface area contributed by atoms with Crippen LogP contribution in [0.25, 0.3) is 0 Å². The Morgan fingerprint density at radius 1 is 0.902 bits per heavy atom. The Balaban J connectivity index is 1.32. The fraction of sp³-hybridized carbons (Fsp3) is 0.250. The number of aromatic hydroxyl groups is 1. The summed E-state index contributed by atoms with van der Waals surface area (Å²) in [5.74, 6) is -5.94. The number of carbonyl (C=O) groups excluding carboxylic acids is 4. The molecule has 0 spiro atoms. The molecule has 258 valence electrons. The predicted molar refractivity (Wildman–Crippen MR) is 186 cm³/mol. The van der Waals surface area contributed by atoms with Crippen LogP contribution in [-0.4, -0.2) is 45.8 Å². The highest BCUT2D eigenvalue weighted by molar-refractivity contribution is 6.30. The highest BCUT2D eigenvalue weighted by Crippen LogP contribution is 2.65. The summed E-state index contributed by atoms with van der Waals surface area (Å²) in [5.41, 5.74) is 3.95. The van der Waals surface area contributed by atoms with Crippen molar-refractivity contribution >= 4 is 40.9 Å². The van der Waals surface area contributed by atoms with Gasteiger partial charge in [0.2, 0.25) is 11.8 Å². The minimum absolute atomic E-state index is 0.0845. The van der Waals surface area contributed by atoms with Crippen molar-refractivity contribution < 1.29 is 33.4 Å². The van der Waals surface area contributed by atoms with E-state index in [4.69, 9.17) is 16.3 Å². The van der Waals surface area contributed by atoms with Crippen molar-refractivity contribution in [2.24, 2.45) is 23.7 Å². The van der Waals surface area contributed by atoms with Crippen LogP contribution in [0.2, 0.25) is 5.02 Å². The highest BCUT2D eigenvalue weighted by atomic mass is 35.5. The van der Waals surface area contributed by atoms with Gasteiger partial charge in [0.1, 0.15) is 17.3 Å². The van der Waals surface area contributed by atoms with Gasteiger partial charge in [0.25, 0.3) is 11.8 Å². The second-order valence-electron chi connectivity index (χ2n) is 13.5. The number of hydrogen-bond donors (Lipinski definition) is 2. The number of methoxy groups -OCH3 is 1. The fourth-order valence-electron chi connectivity index (χ4n) is 8.88. The van der Waals surface area contributed by atoms with Crippen molar-refractivity contribution in [3.05, 3.63) is 136 Å². The van der Waals surface area contributed by atoms with E-state index in [-0.39, 0.29) is 37.0 Å². The topological polar surface area (TPSA) is 116 Å². The van der Waals surface area contributed by atoms with Gasteiger partial charge in [-0.15, -0.1) is 0 Å². The SMILES string of the molecule is COc1ccc(O)c(C2C3=CCC4C(=O)N(Cc5ccccc5)C(=O)C4C3CC3C(=O)N(Nc4ccc(F)cc4)C(=O)C32c2ccc(Cl)cc2)c1. The number of imide groups is 2. The van der Waals surface area contributed by atoms with Crippen LogP contribution in [0.15, 0.2) is 109 Å². The van der Waals surface area contributed by atoms with Gasteiger partial charge in [-0.3, -0.25) is 29.5 Å². The number of phenolic OH excluding ortho intramolecular Hbond substituents is 1. The first-order chi connectivity index (χ1) is 24.6. The first kappa shape index (κ1) is 32.7. The maximum atomic E-state index is 15.2. The monoisotopic (exact) mass is 705 g/mol. The summed E-state index contributed by atoms with van der Waals surface area (Å²) in [6, 6.07) is 26.0. The number of benzene rings is 4. The number of nitrogens with one attached hydrogen (secondary N) is 1. The number of allylic oxidation sites excluding steroid dienone is 2. The number of rotatable bonds is 7. The highest BCUT2D eigenvalue weighted by Gasteiger charge is 2.70. The third kappa shape index (κ3) is 5.03. The molecule has 8 rings (SSSR count). The number of nitrogens with zero attached hydrogens (tertiary/aromatic N) is 2. The van der Waals surface area contributed by atoms with Crippen LogP contribution in [0.5, 0.6) is 11.5 Å². The number of fused-ring (bicyclic) bond motifs is 4. The van der Waals surface area contributed by atoms with Crippen LogP contribution >= 0.6 is 11.6 Å². The van der Waals surface area contributed by atoms with Crippen LogP contribution in [0.1, 0.15) is 35.4 Å². The predicted octanol–water partition coefficient (Wildman–Crippen LogP) is 6.38. The molecule has 1 saturated carbocycles. The second kappa shape index (κ2) is 12.4. The zero-order valence-corrected chi connectivity index (χ0v) is 28.2. The third-order valence-corrected chi connectivity index (χ3v) is 11.3. The Morgan fingerprint density at radius 2 is 1.63 bits per heavy atom. The lowest BCUT2D eigenvalue weighted by atomic mass is 9.49. The number of halogens is 2. The summed E-state index contributed by atoms with van der Waals surface area (Å²) in [4.78, 5) is 59.5. The normalized spacial score (nSPS) is 26.8. The molecule has 4 aromatic rings. The van der Waals surface area contributed by atoms with Crippen LogP contribution in [0, 0.1) is 29.5 Å². The van der Waals surface area contributed by atoms with E-state index >= 15 is 4.79 Å². The van der Waals surface area contributed by atoms with Crippen LogP contribution in [-0.2, 0) is 31.1 Å². The molecule has 0 radical (unpaired) electrons. The first-order valence-corrected chi connectivity index (χ1v) is 17.1. The van der Waals surface area contributed by atoms with Gasteiger partial charge in [0.05, 0.1) is 42.5 Å². The van der Waals surface area contributed by atoms with Crippen molar-refractivity contribution in [2.45, 2.75) is 30.7 Å². The standard InChI is InChI=1S/C40H33ClFN3O6/c1-51-27-15-18-33(46)31(19-27)35-28-16-17-29-34(38(49)44(36(29)47)21-22-5-3-2-4-6-22)30(28)20-32-37(48)45(43-26-13-11-25(42)12-14-26)39(50)40(32,35)23-7-9-24(41)10-8-23/h2-16,18-19,29-30,32,34-35,43,46H,17,20-21H2,1H3. The van der Waals surface area contributed by atoms with Gasteiger partial charge in [-0.05, 0) is 84.5 Å². The molecular formula is C40H33ClFN3O6. The lowest BCUT2D eigenvalue weighted by molar-refractivity contribution is -0.142. The molecule has 6 atom stereocenters. The average molecular weight is 706 g/mol. The van der Waals surface area contributed by atoms with Gasteiger partial charge < -0.3 is 9.84 Å². The van der Waals surface area contributed by atoms with E-state index < -0.39 is 52.6 Å². The average Bonchev–Trinajstić information content (AvgIpc) is 3.50. The van der Waals surface area contributed by atoms with Crippen LogP contribution in [0.4, 0.5) is 10.1 Å². The molecule has 4 aromatic carbocycles. The third-order valence-electron chi connectivity index (χ3n) is 11.1. The van der Waals surface area contributed by atoms with Crippen molar-refractivity contribution in [3.8, 4) is 11.5 Å². The van der Waals surface area contributed by atoms with Gasteiger partial charge >= 0.3 is 0 Å². The number of likely N-dealkylation sites (tertiary alicyclic amines) is 1. The van der Waals surface area contributed by atoms with E-state index in [2.05, 4.69) is 5.43 Å². The molecule has 0 bridgehead atoms. The fourth-order valence-corrected chi connectivity index (χ4v) is 9.00. The largest absolute Gasteiger partial charge is 0.508 e. The molecule has 4 aliphatic rings. The number of hydrogen-bond acceptors (Lipinski definition) is 7. The molecule has 2 aliphatic heterocycles. The summed E-state index contributed by atoms with van der Waals surface area (Å²) < 4.78 is 19.4. The van der Waals surface area contributed by atoms with Crippen LogP contribution < -0.4 is 10.2 Å². The van der Waals surface area contributed by atoms with Gasteiger partial charge in [0, 0.05) is 16.5 Å². The number of hydrazine groups is 1. The maximum absolute atomic E-state index is 15.2. The van der Waals surface area contributed by atoms with E-state index in [0.717, 1.165) is 10.6 Å². The van der Waals surface area contributed by atoms with Gasteiger partial charge in [-0.25, -0.2) is 4.39 Å². The summed E-state index contributed by atoms with van der Waals surface area (Å²) in [7, 11) is 1.49. The molecule has 2 aliphatic carbocycles. The van der Waals surface area contributed by atoms with E-state index in [9.17, 15) is 23.9 Å². The van der Waals surface area contributed by atoms with Crippen LogP contribution in [0.3, 0.4) is 0 Å². The Morgan fingerprint density at radius 3 is 2.33 bits per heavy atom. The number of carbonyl (C=O) groups is 4. The minimum atomic E-state index is -1.62. The molecule has 4 amide bonds. The minimum Gasteiger partial charge on any atom is -0.508 e. The zero-order chi connectivity index (χ0) is 35.6. The Bertz CT molecular complexity index is 2110. The smallest absolute Gasteiger partial charge is 0.260 e. The van der Waals surface area contributed by atoms with E-state index in [1.54, 1.807) is 36.4 Å². The van der Waals surface area contributed by atoms with E-state index in [1.807, 2.05) is 36.4 Å². The lowest BCUT2D eigenvalue weighted by Crippen LogP contribution is -2.53. The summed E-state index contributed by atoms with van der Waals surface area (Å²) in [5, 5.41) is 13.0. The molecule has 6 unspecified atom stereocenters. The summed E-state index contributed by atoms with van der Waals surface area (Å²) in [6.07, 6.45) is 2.25. The molecule has 9 nitrogen and oxygen atoms in total. The number of amides is 4. The van der Waals surface area contributed by atoms with Crippen molar-refractivity contribution in [1.82, 2.24) is 9.91 Å². The second-order valence-corrected chi connectivity index (χ2v) is 14.0. The number of anilines is 1. The quantitative estimate of drug-likeness (QED) is 0.169. The van der Waals surface area contributed by atoms with E-state index in [0.29, 0.717) is 33.2 Å². The molecule has 0 aromatic heterocycles. The van der Waals surface area contributed by atoms with Crippen molar-refractivity contribution in [2.75, 3.05) is 12.5 Å². The number of phenols is 1. The number of ether oxygens (including phenoxy) is 1. The summed E-state index contributed by atoms with van der Waals surface area (Å²) in [6.45, 7) is 0.124. The lowest BCUT2D eigenvalue weighted by Gasteiger charge is -2.50. The van der Waals surface area contributed by atoms with Crippen molar-refractivity contribution in [1.29, 1.82) is 0 Å². The van der Waals surface area contributed by atoms with Crippen molar-refractivity contribution in [3.63, 3.8) is 0 Å². The first-order valence-electron chi connectivity index (χ1n) is 16.8. The zero-order valence-electron chi connectivity index (χ0n) is 27.5. The molecule has 2 heterocycles. The molecular weight excluding hydrogens is 673 g/mol. The molecule has 11 heteroatoms. The Kier molecular flexibility index (Phi) is 7.94. The Labute approximate surface area is 298 Å². The molecule has 2 saturated heterocycles. The Hall–Kier alpha value is -5.48. The van der Waals surface area contributed by atoms with E-state index in [1.165, 1.54) is 42.3 Å². The molecule has 51 heavy (non-hydrogen) atoms. The van der Waals surface area contributed by atoms with Gasteiger partial charge in [0.15, 0.2) is 0 Å². The maximum Gasteiger partial charge on any atom is 0.260 e.